The lowest BCUT2D eigenvalue weighted by atomic mass is 9.93. The van der Waals surface area contributed by atoms with Crippen LogP contribution in [0.25, 0.3) is 99.2 Å². The van der Waals surface area contributed by atoms with Gasteiger partial charge in [-0.3, -0.25) is 0 Å². The fourth-order valence-corrected chi connectivity index (χ4v) is 7.19. The van der Waals surface area contributed by atoms with Gasteiger partial charge in [0.1, 0.15) is 22.3 Å². The molecule has 2 heteroatoms. The maximum atomic E-state index is 6.52. The molecule has 42 heavy (non-hydrogen) atoms. The van der Waals surface area contributed by atoms with Gasteiger partial charge in [0, 0.05) is 21.5 Å². The Hall–Kier alpha value is -5.60. The maximum absolute atomic E-state index is 6.52. The monoisotopic (exact) mass is 534 g/mol. The summed E-state index contributed by atoms with van der Waals surface area (Å²) in [5, 5.41) is 7.14. The van der Waals surface area contributed by atoms with Crippen LogP contribution in [0.3, 0.4) is 0 Å². The SMILES string of the molecule is c1ccc2c(c1)-c1cccc3c(-c4ccc5c(c4)oc4cccc(-c6ccc7oc8ccccc8c7c6)c45)ccc-2c13. The number of hydrogen-bond donors (Lipinski definition) is 0. The maximum Gasteiger partial charge on any atom is 0.136 e. The third kappa shape index (κ3) is 2.88. The summed E-state index contributed by atoms with van der Waals surface area (Å²) in [7, 11) is 0. The Balaban J connectivity index is 1.16. The Morgan fingerprint density at radius 3 is 1.83 bits per heavy atom. The molecule has 0 atom stereocenters. The molecular formula is C40H22O2. The second-order valence-electron chi connectivity index (χ2n) is 11.2. The Bertz CT molecular complexity index is 2550. The van der Waals surface area contributed by atoms with Crippen molar-refractivity contribution in [3.05, 3.63) is 133 Å². The smallest absolute Gasteiger partial charge is 0.136 e. The number of hydrogen-bond acceptors (Lipinski definition) is 2. The van der Waals surface area contributed by atoms with Gasteiger partial charge in [-0.25, -0.2) is 0 Å². The van der Waals surface area contributed by atoms with Crippen molar-refractivity contribution in [2.24, 2.45) is 0 Å². The average molecular weight is 535 g/mol. The fraction of sp³-hybridized carbons (Fsp3) is 0. The second-order valence-corrected chi connectivity index (χ2v) is 11.2. The number of fused-ring (bicyclic) bond motifs is 9. The normalized spacial score (nSPS) is 12.3. The van der Waals surface area contributed by atoms with Gasteiger partial charge in [-0.15, -0.1) is 0 Å². The van der Waals surface area contributed by atoms with Gasteiger partial charge in [0.2, 0.25) is 0 Å². The van der Waals surface area contributed by atoms with E-state index < -0.39 is 0 Å². The van der Waals surface area contributed by atoms with E-state index in [0.29, 0.717) is 0 Å². The van der Waals surface area contributed by atoms with Gasteiger partial charge in [-0.05, 0) is 91.7 Å². The van der Waals surface area contributed by atoms with Crippen LogP contribution >= 0.6 is 0 Å². The summed E-state index contributed by atoms with van der Waals surface area (Å²) >= 11 is 0. The molecule has 9 aromatic rings. The predicted octanol–water partition coefficient (Wildman–Crippen LogP) is 11.6. The lowest BCUT2D eigenvalue weighted by Crippen LogP contribution is -1.84. The summed E-state index contributed by atoms with van der Waals surface area (Å²) in [6.45, 7) is 0. The Labute approximate surface area is 241 Å². The number of rotatable bonds is 2. The van der Waals surface area contributed by atoms with Crippen molar-refractivity contribution >= 4 is 54.6 Å². The van der Waals surface area contributed by atoms with Gasteiger partial charge in [-0.2, -0.15) is 0 Å². The van der Waals surface area contributed by atoms with Crippen LogP contribution in [-0.4, -0.2) is 0 Å². The Morgan fingerprint density at radius 2 is 0.905 bits per heavy atom. The molecule has 1 aliphatic carbocycles. The first-order valence-electron chi connectivity index (χ1n) is 14.3. The minimum Gasteiger partial charge on any atom is -0.456 e. The standard InChI is InChI=1S/C40H22O2/c1-2-8-28-27(7-1)31-12-5-11-30-25(18-19-32(28)39(30)31)24-15-17-33-38(22-24)42-37-14-6-10-26(40(33)37)23-16-20-36-34(21-23)29-9-3-4-13-35(29)41-36/h1-22H. The molecule has 0 amide bonds. The molecule has 0 fully saturated rings. The third-order valence-electron chi connectivity index (χ3n) is 9.04. The molecule has 2 nitrogen and oxygen atoms in total. The molecule has 2 heterocycles. The van der Waals surface area contributed by atoms with Crippen LogP contribution in [0.4, 0.5) is 0 Å². The van der Waals surface area contributed by atoms with Crippen molar-refractivity contribution < 1.29 is 8.83 Å². The molecule has 0 saturated heterocycles. The highest BCUT2D eigenvalue weighted by Crippen LogP contribution is 2.49. The molecule has 0 saturated carbocycles. The highest BCUT2D eigenvalue weighted by atomic mass is 16.3. The molecule has 0 aliphatic heterocycles. The van der Waals surface area contributed by atoms with E-state index in [-0.39, 0.29) is 0 Å². The van der Waals surface area contributed by atoms with Crippen LogP contribution in [0.5, 0.6) is 0 Å². The van der Waals surface area contributed by atoms with E-state index in [2.05, 4.69) is 121 Å². The predicted molar refractivity (Wildman–Crippen MR) is 174 cm³/mol. The van der Waals surface area contributed by atoms with E-state index in [0.717, 1.165) is 60.6 Å². The fourth-order valence-electron chi connectivity index (χ4n) is 7.19. The van der Waals surface area contributed by atoms with Crippen LogP contribution in [0.15, 0.2) is 142 Å². The van der Waals surface area contributed by atoms with Gasteiger partial charge in [-0.1, -0.05) is 97.1 Å². The van der Waals surface area contributed by atoms with Crippen molar-refractivity contribution in [2.75, 3.05) is 0 Å². The van der Waals surface area contributed by atoms with Crippen LogP contribution in [-0.2, 0) is 0 Å². The first-order chi connectivity index (χ1) is 20.8. The third-order valence-corrected chi connectivity index (χ3v) is 9.04. The molecule has 1 aliphatic rings. The number of furan rings is 2. The molecule has 0 unspecified atom stereocenters. The van der Waals surface area contributed by atoms with Crippen molar-refractivity contribution in [1.82, 2.24) is 0 Å². The minimum atomic E-state index is 0.896. The first kappa shape index (κ1) is 22.1. The molecule has 7 aromatic carbocycles. The molecule has 0 radical (unpaired) electrons. The zero-order valence-corrected chi connectivity index (χ0v) is 22.5. The largest absolute Gasteiger partial charge is 0.456 e. The first-order valence-corrected chi connectivity index (χ1v) is 14.3. The highest BCUT2D eigenvalue weighted by molar-refractivity contribution is 6.19. The molecule has 10 rings (SSSR count). The quantitative estimate of drug-likeness (QED) is 0.220. The van der Waals surface area contributed by atoms with E-state index in [1.807, 2.05) is 12.1 Å². The van der Waals surface area contributed by atoms with Gasteiger partial charge in [0.25, 0.3) is 0 Å². The van der Waals surface area contributed by atoms with E-state index >= 15 is 0 Å². The van der Waals surface area contributed by atoms with Gasteiger partial charge < -0.3 is 8.83 Å². The van der Waals surface area contributed by atoms with E-state index in [1.54, 1.807) is 0 Å². The molecule has 0 spiro atoms. The van der Waals surface area contributed by atoms with Crippen molar-refractivity contribution in [3.8, 4) is 44.5 Å². The van der Waals surface area contributed by atoms with Gasteiger partial charge >= 0.3 is 0 Å². The molecular weight excluding hydrogens is 512 g/mol. The molecule has 194 valence electrons. The zero-order chi connectivity index (χ0) is 27.4. The summed E-state index contributed by atoms with van der Waals surface area (Å²) in [6, 6.07) is 47.7. The summed E-state index contributed by atoms with van der Waals surface area (Å²) in [6.07, 6.45) is 0. The number of benzene rings is 7. The van der Waals surface area contributed by atoms with Gasteiger partial charge in [0.05, 0.1) is 0 Å². The zero-order valence-electron chi connectivity index (χ0n) is 22.5. The van der Waals surface area contributed by atoms with E-state index in [4.69, 9.17) is 8.83 Å². The van der Waals surface area contributed by atoms with Gasteiger partial charge in [0.15, 0.2) is 0 Å². The topological polar surface area (TPSA) is 26.3 Å². The Morgan fingerprint density at radius 1 is 0.286 bits per heavy atom. The summed E-state index contributed by atoms with van der Waals surface area (Å²) in [5.74, 6) is 0. The van der Waals surface area contributed by atoms with Crippen LogP contribution in [0, 0.1) is 0 Å². The van der Waals surface area contributed by atoms with E-state index in [1.165, 1.54) is 38.6 Å². The molecule has 2 aromatic heterocycles. The average Bonchev–Trinajstić information content (AvgIpc) is 3.71. The van der Waals surface area contributed by atoms with Crippen molar-refractivity contribution in [3.63, 3.8) is 0 Å². The number of para-hydroxylation sites is 1. The van der Waals surface area contributed by atoms with Crippen molar-refractivity contribution in [1.29, 1.82) is 0 Å². The minimum absolute atomic E-state index is 0.896. The van der Waals surface area contributed by atoms with Crippen LogP contribution < -0.4 is 0 Å². The molecule has 0 N–H and O–H groups in total. The van der Waals surface area contributed by atoms with Crippen LogP contribution in [0.2, 0.25) is 0 Å². The summed E-state index contributed by atoms with van der Waals surface area (Å²) in [5.41, 5.74) is 13.6. The Kier molecular flexibility index (Phi) is 4.21. The highest BCUT2D eigenvalue weighted by Gasteiger charge is 2.22. The van der Waals surface area contributed by atoms with E-state index in [9.17, 15) is 0 Å². The van der Waals surface area contributed by atoms with Crippen molar-refractivity contribution in [2.45, 2.75) is 0 Å². The van der Waals surface area contributed by atoms with Crippen LogP contribution in [0.1, 0.15) is 0 Å². The summed E-state index contributed by atoms with van der Waals surface area (Å²) < 4.78 is 12.6. The lowest BCUT2D eigenvalue weighted by Gasteiger charge is -2.10. The summed E-state index contributed by atoms with van der Waals surface area (Å²) in [4.78, 5) is 0. The lowest BCUT2D eigenvalue weighted by molar-refractivity contribution is 0.669. The second kappa shape index (κ2) is 7.99. The molecule has 0 bridgehead atoms.